The Morgan fingerprint density at radius 3 is 1.55 bits per heavy atom. The number of halogens is 11. The number of nitrogens with one attached hydrogen (secondary N) is 2. The van der Waals surface area contributed by atoms with Crippen molar-refractivity contribution in [2.75, 3.05) is 82.8 Å². The molecule has 2 N–H and O–H groups in total. The fourth-order valence-corrected chi connectivity index (χ4v) is 15.0. The topological polar surface area (TPSA) is 307 Å². The molecule has 42 heteroatoms. The molecule has 4 saturated heterocycles. The second-order valence-corrected chi connectivity index (χ2v) is 46.7. The summed E-state index contributed by atoms with van der Waals surface area (Å²) in [5.41, 5.74) is 6.95. The molecule has 108 heavy (non-hydrogen) atoms. The van der Waals surface area contributed by atoms with Gasteiger partial charge in [-0.1, -0.05) is 39.3 Å². The molecule has 6 aromatic heterocycles. The van der Waals surface area contributed by atoms with Crippen LogP contribution in [-0.4, -0.2) is 207 Å². The average molecular weight is 1660 g/mol. The van der Waals surface area contributed by atoms with Crippen LogP contribution in [0.1, 0.15) is 46.5 Å². The first kappa shape index (κ1) is 92.7. The zero-order chi connectivity index (χ0) is 80.0. The first-order chi connectivity index (χ1) is 49.6. The Bertz CT molecular complexity index is 4580. The number of ether oxygens (including phenoxy) is 3. The van der Waals surface area contributed by atoms with Crippen LogP contribution in [0.5, 0.6) is 0 Å². The molecular formula is C66H87Cl2F9N16O10S3Si2. The van der Waals surface area contributed by atoms with E-state index in [-0.39, 0.29) is 51.1 Å². The fourth-order valence-electron chi connectivity index (χ4n) is 9.68. The van der Waals surface area contributed by atoms with E-state index in [4.69, 9.17) is 32.6 Å². The number of hydrogen-bond donors (Lipinski definition) is 2. The van der Waals surface area contributed by atoms with Crippen LogP contribution in [0.15, 0.2) is 109 Å². The van der Waals surface area contributed by atoms with Gasteiger partial charge in [0.2, 0.25) is 29.1 Å². The van der Waals surface area contributed by atoms with Crippen molar-refractivity contribution < 1.29 is 83.8 Å². The molecule has 0 spiro atoms. The Morgan fingerprint density at radius 2 is 1.16 bits per heavy atom. The van der Waals surface area contributed by atoms with Crippen molar-refractivity contribution in [3.05, 3.63) is 132 Å². The lowest BCUT2D eigenvalue weighted by atomic mass is 9.89. The molecule has 26 nitrogen and oxygen atoms in total. The monoisotopic (exact) mass is 1660 g/mol. The molecule has 0 aromatic carbocycles. The van der Waals surface area contributed by atoms with Crippen molar-refractivity contribution in [2.24, 2.45) is 0 Å². The molecule has 4 aliphatic heterocycles. The highest BCUT2D eigenvalue weighted by Gasteiger charge is 2.51. The molecule has 10 rings (SSSR count). The molecule has 0 bridgehead atoms. The first-order valence-corrected chi connectivity index (χ1v) is 46.1. The van der Waals surface area contributed by atoms with Gasteiger partial charge in [0.1, 0.15) is 35.9 Å². The van der Waals surface area contributed by atoms with Crippen molar-refractivity contribution in [3.8, 4) is 34.4 Å². The number of carbonyl (C=O) groups is 1. The van der Waals surface area contributed by atoms with E-state index in [0.717, 1.165) is 84.2 Å². The molecule has 6 aromatic rings. The molecule has 1 amide bonds. The molecule has 4 fully saturated rings. The lowest BCUT2D eigenvalue weighted by Crippen LogP contribution is -2.64. The van der Waals surface area contributed by atoms with E-state index in [1.807, 2.05) is 74.5 Å². The number of fused-ring (bicyclic) bond motifs is 2. The molecule has 4 aliphatic rings. The van der Waals surface area contributed by atoms with Crippen LogP contribution in [0, 0.1) is 35.8 Å². The van der Waals surface area contributed by atoms with Crippen molar-refractivity contribution in [2.45, 2.75) is 141 Å². The number of pyridine rings is 2. The number of alkyl halides is 9. The number of sulfonamides is 2. The van der Waals surface area contributed by atoms with Crippen LogP contribution in [0.25, 0.3) is 54.0 Å². The van der Waals surface area contributed by atoms with E-state index in [0.29, 0.717) is 38.7 Å². The maximum Gasteiger partial charge on any atom is 0.410 e. The van der Waals surface area contributed by atoms with E-state index < -0.39 is 111 Å². The van der Waals surface area contributed by atoms with Crippen molar-refractivity contribution in [1.29, 1.82) is 10.5 Å². The number of aromatic amines is 1. The van der Waals surface area contributed by atoms with Crippen molar-refractivity contribution in [1.82, 2.24) is 57.9 Å². The number of nitrogens with zero attached hydrogens (tertiary/aromatic N) is 14. The Balaban J connectivity index is 0.000000299. The highest BCUT2D eigenvalue weighted by molar-refractivity contribution is 8.13. The predicted molar refractivity (Wildman–Crippen MR) is 398 cm³/mol. The molecule has 594 valence electrons. The van der Waals surface area contributed by atoms with Gasteiger partial charge in [0, 0.05) is 158 Å². The van der Waals surface area contributed by atoms with E-state index in [1.54, 1.807) is 40.4 Å². The number of nitriles is 2. The Kier molecular flexibility index (Phi) is 34.1. The Hall–Kier alpha value is -7.72. The lowest BCUT2D eigenvalue weighted by molar-refractivity contribution is -0.131. The Morgan fingerprint density at radius 1 is 0.685 bits per heavy atom. The highest BCUT2D eigenvalue weighted by Crippen LogP contribution is 2.38. The lowest BCUT2D eigenvalue weighted by Gasteiger charge is -2.47. The number of aromatic nitrogens is 8. The third kappa shape index (κ3) is 31.7. The van der Waals surface area contributed by atoms with Crippen molar-refractivity contribution >= 4 is 96.5 Å². The molecular weight excluding hydrogens is 1570 g/mol. The first-order valence-electron chi connectivity index (χ1n) is 33.0. The fraction of sp³-hybridized carbons (Fsp3) is 0.530. The van der Waals surface area contributed by atoms with Crippen LogP contribution < -0.4 is 5.32 Å². The van der Waals surface area contributed by atoms with Crippen LogP contribution in [0.4, 0.5) is 44.3 Å². The van der Waals surface area contributed by atoms with Gasteiger partial charge in [-0.05, 0) is 85.0 Å². The second kappa shape index (κ2) is 39.8. The summed E-state index contributed by atoms with van der Waals surface area (Å²) in [5.74, 6) is -3.01. The summed E-state index contributed by atoms with van der Waals surface area (Å²) in [6.07, 6.45) is 0.855. The predicted octanol–water partition coefficient (Wildman–Crippen LogP) is 13.6. The molecule has 0 unspecified atom stereocenters. The standard InChI is InChI=1S/C24H31F3N6O3SSi.C16H22N4OSi.C10H14N2O2.C8H9F3N2O2S.C5H6N2.C3H4ClF3O2S.ClH/c1-38(2,3)13-11-36-18-31-10-5-21-20(4-9-29-22(21)31)19-14-30-33(15-19)23(6-8-28)16-32(17-23)37(34,35)12-7-24(25,26)27;1-22(2,3)9-8-21-12-20-7-5-15-14(4-6-17-16(15)20)13-10-18-19-11-13;1-10(2,3)14-9(13)12-6-8(7-12)5-11-4;9-8(10,11)2-4-16(14,15)13-5-7(6-13)1-3-12;1-6-2-5-3-7-4-5;4-10(8,9)2-1-3(5,6)7;/h4-5,9-10,14-15H,6-7,11-13,16-18H2,1-3H3;4-7,10-11H,8-9,12H2,1-3H3,(H,18,19);5H,6-7H2,1-3H3;1H,2,4-6H2;2,7H,3-4H2;1-2H2;1H. The van der Waals surface area contributed by atoms with Gasteiger partial charge in [0.05, 0.1) is 80.6 Å². The maximum atomic E-state index is 12.6. The number of likely N-dealkylation sites (tertiary alicyclic amines) is 1. The van der Waals surface area contributed by atoms with Gasteiger partial charge in [-0.3, -0.25) is 9.78 Å². The summed E-state index contributed by atoms with van der Waals surface area (Å²) in [7, 11) is -9.67. The quantitative estimate of drug-likeness (QED) is 0.0159. The zero-order valence-electron chi connectivity index (χ0n) is 60.8. The van der Waals surface area contributed by atoms with Crippen LogP contribution >= 0.6 is 23.1 Å². The van der Waals surface area contributed by atoms with E-state index >= 15 is 0 Å². The summed E-state index contributed by atoms with van der Waals surface area (Å²) in [5, 5.41) is 34.0. The summed E-state index contributed by atoms with van der Waals surface area (Å²) in [6, 6.07) is 14.0. The third-order valence-corrected chi connectivity index (χ3v) is 23.8. The molecule has 0 radical (unpaired) electrons. The minimum Gasteiger partial charge on any atom is -0.444 e. The minimum atomic E-state index is -4.56. The molecule has 0 saturated carbocycles. The number of hydrogen-bond acceptors (Lipinski definition) is 17. The van der Waals surface area contributed by atoms with E-state index in [1.165, 1.54) is 23.9 Å². The summed E-state index contributed by atoms with van der Waals surface area (Å²) in [6.45, 7) is 37.6. The largest absolute Gasteiger partial charge is 0.444 e. The SMILES string of the molecule is C[Si](C)(C)CCOCn1ccc2c(-c3cn[nH]c3)ccnc21.C[Si](C)(C)CCOCn1ccc2c(-c3cnn(C4(CC#N)CN(S(=O)(=O)CCC(F)(F)F)C4)c3)ccnc21.Cl.N#CC=C1CN(S(=O)(=O)CCC(F)(F)F)C1.O=S(=O)(Cl)CCC(F)(F)F.[C-]#[N+]C=C1CN(C(=O)OC(C)(C)C)C1.[C-]#[N+]C=C1CNC1. The summed E-state index contributed by atoms with van der Waals surface area (Å²) in [4.78, 5) is 28.2. The van der Waals surface area contributed by atoms with Gasteiger partial charge >= 0.3 is 24.6 Å². The van der Waals surface area contributed by atoms with Crippen molar-refractivity contribution in [3.63, 3.8) is 0 Å². The van der Waals surface area contributed by atoms with E-state index in [2.05, 4.69) is 107 Å². The summed E-state index contributed by atoms with van der Waals surface area (Å²) < 4.78 is 199. The average Bonchev–Trinajstić information content (AvgIpc) is 1.40. The number of rotatable bonds is 22. The van der Waals surface area contributed by atoms with Gasteiger partial charge in [-0.15, -0.1) is 12.4 Å². The number of H-pyrrole nitrogens is 1. The van der Waals surface area contributed by atoms with Gasteiger partial charge in [0.15, 0.2) is 12.4 Å². The van der Waals surface area contributed by atoms with Crippen LogP contribution in [0.2, 0.25) is 51.4 Å². The highest BCUT2D eigenvalue weighted by atomic mass is 35.7. The van der Waals surface area contributed by atoms with Gasteiger partial charge in [-0.2, -0.15) is 68.8 Å². The zero-order valence-corrected chi connectivity index (χ0v) is 66.8. The number of amides is 1. The number of allylic oxidation sites excluding steroid dienone is 1. The maximum absolute atomic E-state index is 12.6. The van der Waals surface area contributed by atoms with Gasteiger partial charge in [0.25, 0.3) is 0 Å². The Labute approximate surface area is 635 Å². The second-order valence-electron chi connectivity index (χ2n) is 28.4. The minimum absolute atomic E-state index is 0. The number of carbonyl (C=O) groups excluding carboxylic acids is 1. The van der Waals surface area contributed by atoms with Crippen LogP contribution in [0.3, 0.4) is 0 Å². The van der Waals surface area contributed by atoms with E-state index in [9.17, 15) is 74.8 Å². The smallest absolute Gasteiger partial charge is 0.410 e. The normalized spacial score (nSPS) is 15.3. The molecule has 10 heterocycles. The van der Waals surface area contributed by atoms with Crippen LogP contribution in [-0.2, 0) is 62.3 Å². The van der Waals surface area contributed by atoms with Gasteiger partial charge in [-0.25, -0.2) is 49.7 Å². The van der Waals surface area contributed by atoms with Gasteiger partial charge < -0.3 is 33.6 Å². The molecule has 0 atom stereocenters. The third-order valence-electron chi connectivity index (χ3n) is 15.7. The summed E-state index contributed by atoms with van der Waals surface area (Å²) >= 11 is 0. The molecule has 0 aliphatic carbocycles.